The van der Waals surface area contributed by atoms with Gasteiger partial charge in [-0.2, -0.15) is 18.3 Å². The molecule has 0 unspecified atom stereocenters. The van der Waals surface area contributed by atoms with E-state index in [1.54, 1.807) is 12.1 Å². The van der Waals surface area contributed by atoms with Crippen LogP contribution in [0.1, 0.15) is 24.0 Å². The maximum Gasteiger partial charge on any atom is 0.416 e. The molecule has 0 amide bonds. The van der Waals surface area contributed by atoms with Gasteiger partial charge in [0, 0.05) is 25.0 Å². The highest BCUT2D eigenvalue weighted by Crippen LogP contribution is 2.59. The SMILES string of the molecule is O=c1cnn(CCCN2C[C@@H]3C[C@@]3(c3ccc(C(F)(F)F)cc3)C2)c(=O)[nH]1. The highest BCUT2D eigenvalue weighted by Gasteiger charge is 2.60. The number of aryl methyl sites for hydroxylation is 1. The Bertz CT molecular complexity index is 951. The van der Waals surface area contributed by atoms with Crippen molar-refractivity contribution in [3.05, 3.63) is 62.4 Å². The molecule has 2 heterocycles. The average molecular weight is 380 g/mol. The molecule has 4 rings (SSSR count). The molecule has 2 atom stereocenters. The van der Waals surface area contributed by atoms with Gasteiger partial charge in [0.05, 0.1) is 5.56 Å². The van der Waals surface area contributed by atoms with Crippen LogP contribution in [0.25, 0.3) is 0 Å². The predicted molar refractivity (Wildman–Crippen MR) is 91.4 cm³/mol. The highest BCUT2D eigenvalue weighted by molar-refractivity contribution is 5.39. The number of halogens is 3. The summed E-state index contributed by atoms with van der Waals surface area (Å²) >= 11 is 0. The van der Waals surface area contributed by atoms with Crippen LogP contribution in [0.15, 0.2) is 40.1 Å². The van der Waals surface area contributed by atoms with Gasteiger partial charge in [0.15, 0.2) is 0 Å². The fourth-order valence-corrected chi connectivity index (χ4v) is 4.18. The van der Waals surface area contributed by atoms with Gasteiger partial charge in [0.1, 0.15) is 6.20 Å². The first-order valence-electron chi connectivity index (χ1n) is 8.84. The number of piperidine rings is 1. The topological polar surface area (TPSA) is 71.0 Å². The number of aromatic nitrogens is 3. The van der Waals surface area contributed by atoms with E-state index in [1.807, 2.05) is 0 Å². The summed E-state index contributed by atoms with van der Waals surface area (Å²) in [6.07, 6.45) is -1.52. The number of likely N-dealkylation sites (tertiary alicyclic amines) is 1. The van der Waals surface area contributed by atoms with E-state index in [2.05, 4.69) is 15.0 Å². The van der Waals surface area contributed by atoms with Gasteiger partial charge >= 0.3 is 11.9 Å². The smallest absolute Gasteiger partial charge is 0.302 e. The summed E-state index contributed by atoms with van der Waals surface area (Å²) in [7, 11) is 0. The Labute approximate surface area is 152 Å². The molecule has 1 N–H and O–H groups in total. The lowest BCUT2D eigenvalue weighted by Gasteiger charge is -2.21. The van der Waals surface area contributed by atoms with E-state index in [9.17, 15) is 22.8 Å². The standard InChI is InChI=1S/C18H19F3N4O2/c19-18(20,21)13-4-2-12(3-5-13)17-8-14(17)10-24(11-17)6-1-7-25-16(27)23-15(26)9-22-25/h2-5,9,14H,1,6-8,10-11H2,(H,23,26,27)/t14-,17-/m0/s1. The van der Waals surface area contributed by atoms with Crippen molar-refractivity contribution in [2.45, 2.75) is 31.0 Å². The number of benzene rings is 1. The third kappa shape index (κ3) is 3.43. The first-order chi connectivity index (χ1) is 12.8. The fourth-order valence-electron chi connectivity index (χ4n) is 4.18. The molecular weight excluding hydrogens is 361 g/mol. The molecule has 1 aliphatic carbocycles. The lowest BCUT2D eigenvalue weighted by atomic mass is 9.94. The van der Waals surface area contributed by atoms with Crippen molar-refractivity contribution in [3.63, 3.8) is 0 Å². The number of H-pyrrole nitrogens is 1. The monoisotopic (exact) mass is 380 g/mol. The van der Waals surface area contributed by atoms with Gasteiger partial charge in [0.25, 0.3) is 5.56 Å². The van der Waals surface area contributed by atoms with Crippen molar-refractivity contribution in [2.24, 2.45) is 5.92 Å². The molecule has 1 saturated heterocycles. The summed E-state index contributed by atoms with van der Waals surface area (Å²) in [6, 6.07) is 5.54. The van der Waals surface area contributed by atoms with Crippen LogP contribution in [0.3, 0.4) is 0 Å². The van der Waals surface area contributed by atoms with Crippen LogP contribution < -0.4 is 11.2 Å². The maximum atomic E-state index is 12.7. The van der Waals surface area contributed by atoms with Gasteiger partial charge in [-0.25, -0.2) is 9.48 Å². The summed E-state index contributed by atoms with van der Waals surface area (Å²) < 4.78 is 39.4. The first kappa shape index (κ1) is 18.0. The normalized spacial score (nSPS) is 24.8. The van der Waals surface area contributed by atoms with E-state index in [-0.39, 0.29) is 5.41 Å². The Morgan fingerprint density at radius 2 is 1.93 bits per heavy atom. The van der Waals surface area contributed by atoms with Crippen LogP contribution in [-0.4, -0.2) is 39.3 Å². The molecule has 0 spiro atoms. The van der Waals surface area contributed by atoms with Crippen molar-refractivity contribution in [1.82, 2.24) is 19.7 Å². The summed E-state index contributed by atoms with van der Waals surface area (Å²) in [5, 5.41) is 3.80. The lowest BCUT2D eigenvalue weighted by molar-refractivity contribution is -0.137. The van der Waals surface area contributed by atoms with Crippen molar-refractivity contribution in [2.75, 3.05) is 19.6 Å². The van der Waals surface area contributed by atoms with Crippen molar-refractivity contribution >= 4 is 0 Å². The molecule has 144 valence electrons. The molecule has 27 heavy (non-hydrogen) atoms. The van der Waals surface area contributed by atoms with Gasteiger partial charge in [-0.3, -0.25) is 9.78 Å². The summed E-state index contributed by atoms with van der Waals surface area (Å²) in [5.41, 5.74) is -0.713. The van der Waals surface area contributed by atoms with E-state index in [4.69, 9.17) is 0 Å². The number of nitrogens with one attached hydrogen (secondary N) is 1. The van der Waals surface area contributed by atoms with Gasteiger partial charge in [-0.1, -0.05) is 12.1 Å². The Balaban J connectivity index is 1.35. The minimum atomic E-state index is -4.31. The molecule has 2 aliphatic rings. The quantitative estimate of drug-likeness (QED) is 0.856. The fraction of sp³-hybridized carbons (Fsp3) is 0.500. The van der Waals surface area contributed by atoms with Crippen LogP contribution in [0.2, 0.25) is 0 Å². The number of hydrogen-bond donors (Lipinski definition) is 1. The van der Waals surface area contributed by atoms with E-state index < -0.39 is 23.0 Å². The van der Waals surface area contributed by atoms with E-state index in [1.165, 1.54) is 4.68 Å². The second-order valence-corrected chi connectivity index (χ2v) is 7.38. The molecule has 1 aliphatic heterocycles. The zero-order chi connectivity index (χ0) is 19.2. The Morgan fingerprint density at radius 1 is 1.19 bits per heavy atom. The zero-order valence-corrected chi connectivity index (χ0v) is 14.5. The minimum absolute atomic E-state index is 0.0306. The predicted octanol–water partition coefficient (Wildman–Crippen LogP) is 1.61. The zero-order valence-electron chi connectivity index (χ0n) is 14.5. The summed E-state index contributed by atoms with van der Waals surface area (Å²) in [4.78, 5) is 27.1. The van der Waals surface area contributed by atoms with Crippen molar-refractivity contribution in [3.8, 4) is 0 Å². The molecular formula is C18H19F3N4O2. The Hall–Kier alpha value is -2.42. The van der Waals surface area contributed by atoms with E-state index in [0.717, 1.165) is 49.9 Å². The largest absolute Gasteiger partial charge is 0.416 e. The van der Waals surface area contributed by atoms with Crippen LogP contribution in [0.4, 0.5) is 13.2 Å². The summed E-state index contributed by atoms with van der Waals surface area (Å²) in [5.74, 6) is 0.475. The Kier molecular flexibility index (Phi) is 4.21. The molecule has 6 nitrogen and oxygen atoms in total. The van der Waals surface area contributed by atoms with Gasteiger partial charge in [-0.05, 0) is 43.0 Å². The van der Waals surface area contributed by atoms with E-state index >= 15 is 0 Å². The average Bonchev–Trinajstić information content (AvgIpc) is 3.18. The molecule has 1 aromatic heterocycles. The lowest BCUT2D eigenvalue weighted by Crippen LogP contribution is -2.33. The third-order valence-electron chi connectivity index (χ3n) is 5.63. The number of nitrogens with zero attached hydrogens (tertiary/aromatic N) is 3. The molecule has 9 heteroatoms. The molecule has 1 saturated carbocycles. The molecule has 0 radical (unpaired) electrons. The van der Waals surface area contributed by atoms with E-state index in [0.29, 0.717) is 18.9 Å². The molecule has 2 aromatic rings. The van der Waals surface area contributed by atoms with Crippen LogP contribution in [0.5, 0.6) is 0 Å². The third-order valence-corrected chi connectivity index (χ3v) is 5.63. The number of fused-ring (bicyclic) bond motifs is 1. The van der Waals surface area contributed by atoms with Crippen molar-refractivity contribution < 1.29 is 13.2 Å². The summed E-state index contributed by atoms with van der Waals surface area (Å²) in [6.45, 7) is 2.90. The second-order valence-electron chi connectivity index (χ2n) is 7.38. The van der Waals surface area contributed by atoms with Gasteiger partial charge < -0.3 is 4.90 Å². The maximum absolute atomic E-state index is 12.7. The molecule has 1 aromatic carbocycles. The van der Waals surface area contributed by atoms with Crippen LogP contribution in [-0.2, 0) is 18.1 Å². The second kappa shape index (κ2) is 6.33. The van der Waals surface area contributed by atoms with Crippen LogP contribution in [0, 0.1) is 5.92 Å². The van der Waals surface area contributed by atoms with Gasteiger partial charge in [-0.15, -0.1) is 0 Å². The molecule has 2 fully saturated rings. The number of hydrogen-bond acceptors (Lipinski definition) is 4. The highest BCUT2D eigenvalue weighted by atomic mass is 19.4. The first-order valence-corrected chi connectivity index (χ1v) is 8.84. The number of rotatable bonds is 5. The van der Waals surface area contributed by atoms with Crippen LogP contribution >= 0.6 is 0 Å². The molecule has 0 bridgehead atoms. The number of alkyl halides is 3. The minimum Gasteiger partial charge on any atom is -0.302 e. The number of aromatic amines is 1. The Morgan fingerprint density at radius 3 is 2.59 bits per heavy atom. The van der Waals surface area contributed by atoms with Crippen molar-refractivity contribution in [1.29, 1.82) is 0 Å². The van der Waals surface area contributed by atoms with Gasteiger partial charge in [0.2, 0.25) is 0 Å².